The van der Waals surface area contributed by atoms with Gasteiger partial charge in [0.2, 0.25) is 0 Å². The van der Waals surface area contributed by atoms with Crippen molar-refractivity contribution in [2.75, 3.05) is 6.61 Å². The fraction of sp³-hybridized carbons (Fsp3) is 0.143. The van der Waals surface area contributed by atoms with E-state index in [2.05, 4.69) is 20.9 Å². The fourth-order valence-corrected chi connectivity index (χ4v) is 4.10. The van der Waals surface area contributed by atoms with Crippen molar-refractivity contribution in [3.63, 3.8) is 0 Å². The van der Waals surface area contributed by atoms with Crippen LogP contribution >= 0.6 is 27.3 Å². The average molecular weight is 457 g/mol. The summed E-state index contributed by atoms with van der Waals surface area (Å²) in [5.74, 6) is 0.660. The van der Waals surface area contributed by atoms with Gasteiger partial charge in [-0.1, -0.05) is 46.3 Å². The van der Waals surface area contributed by atoms with Crippen molar-refractivity contribution in [3.05, 3.63) is 81.1 Å². The van der Waals surface area contributed by atoms with Gasteiger partial charge in [0.05, 0.1) is 18.3 Å². The molecule has 0 aliphatic heterocycles. The van der Waals surface area contributed by atoms with Crippen molar-refractivity contribution < 1.29 is 9.84 Å². The molecule has 0 fully saturated rings. The first-order valence-electron chi connectivity index (χ1n) is 8.70. The molecule has 142 valence electrons. The van der Waals surface area contributed by atoms with Gasteiger partial charge in [0.1, 0.15) is 23.3 Å². The number of hydrogen-bond donors (Lipinski definition) is 1. The molecule has 5 nitrogen and oxygen atoms in total. The number of aliphatic hydroxyl groups is 1. The second-order valence-electron chi connectivity index (χ2n) is 6.32. The highest BCUT2D eigenvalue weighted by atomic mass is 79.9. The maximum absolute atomic E-state index is 13.0. The van der Waals surface area contributed by atoms with Crippen molar-refractivity contribution in [1.82, 2.24) is 9.55 Å². The Morgan fingerprint density at radius 2 is 1.89 bits per heavy atom. The van der Waals surface area contributed by atoms with E-state index < -0.39 is 6.10 Å². The lowest BCUT2D eigenvalue weighted by Crippen LogP contribution is -2.30. The van der Waals surface area contributed by atoms with Gasteiger partial charge in [-0.05, 0) is 29.8 Å². The number of aliphatic hydroxyl groups excluding tert-OH is 1. The van der Waals surface area contributed by atoms with E-state index >= 15 is 0 Å². The molecule has 0 saturated heterocycles. The third kappa shape index (κ3) is 4.01. The number of rotatable bonds is 6. The molecule has 0 aliphatic carbocycles. The van der Waals surface area contributed by atoms with Gasteiger partial charge < -0.3 is 9.84 Å². The standard InChI is InChI=1S/C21H17BrN2O3S/c22-15-6-8-17(9-7-15)27-11-16(25)10-24-13-23-20-19(21(24)26)18(12-28-20)14-4-2-1-3-5-14/h1-9,12-13,16,25H,10-11H2/t16-/m0/s1. The maximum atomic E-state index is 13.0. The first-order chi connectivity index (χ1) is 13.6. The van der Waals surface area contributed by atoms with Gasteiger partial charge in [0.15, 0.2) is 0 Å². The van der Waals surface area contributed by atoms with Crippen LogP contribution in [0, 0.1) is 0 Å². The maximum Gasteiger partial charge on any atom is 0.262 e. The summed E-state index contributed by atoms with van der Waals surface area (Å²) in [6.07, 6.45) is 0.651. The minimum atomic E-state index is -0.834. The van der Waals surface area contributed by atoms with E-state index in [1.54, 1.807) is 0 Å². The quantitative estimate of drug-likeness (QED) is 0.468. The number of thiophene rings is 1. The lowest BCUT2D eigenvalue weighted by Gasteiger charge is -2.14. The van der Waals surface area contributed by atoms with E-state index in [1.807, 2.05) is 60.0 Å². The Kier molecular flexibility index (Phi) is 5.57. The molecule has 4 rings (SSSR count). The number of hydrogen-bond acceptors (Lipinski definition) is 5. The van der Waals surface area contributed by atoms with Crippen LogP contribution in [0.4, 0.5) is 0 Å². The van der Waals surface area contributed by atoms with Crippen LogP contribution in [0.3, 0.4) is 0 Å². The predicted octanol–water partition coefficient (Wildman–Crippen LogP) is 4.33. The highest BCUT2D eigenvalue weighted by Gasteiger charge is 2.15. The molecule has 0 radical (unpaired) electrons. The molecule has 2 aromatic heterocycles. The Morgan fingerprint density at radius 3 is 2.64 bits per heavy atom. The number of halogens is 1. The SMILES string of the molecule is O=c1c2c(-c3ccccc3)csc2ncn1C[C@H](O)COc1ccc(Br)cc1. The molecule has 28 heavy (non-hydrogen) atoms. The van der Waals surface area contributed by atoms with E-state index in [1.165, 1.54) is 22.2 Å². The lowest BCUT2D eigenvalue weighted by atomic mass is 10.1. The van der Waals surface area contributed by atoms with Crippen molar-refractivity contribution in [3.8, 4) is 16.9 Å². The zero-order valence-corrected chi connectivity index (χ0v) is 17.2. The third-order valence-electron chi connectivity index (χ3n) is 4.31. The molecule has 0 amide bonds. The molecule has 0 aliphatic rings. The van der Waals surface area contributed by atoms with E-state index in [0.29, 0.717) is 16.0 Å². The molecule has 0 saturated carbocycles. The zero-order chi connectivity index (χ0) is 19.5. The summed E-state index contributed by atoms with van der Waals surface area (Å²) in [6.45, 7) is 0.198. The number of ether oxygens (including phenoxy) is 1. The zero-order valence-electron chi connectivity index (χ0n) is 14.8. The molecule has 2 aromatic carbocycles. The summed E-state index contributed by atoms with van der Waals surface area (Å²) in [5, 5.41) is 12.9. The molecular formula is C21H17BrN2O3S. The molecular weight excluding hydrogens is 440 g/mol. The first kappa shape index (κ1) is 18.9. The highest BCUT2D eigenvalue weighted by Crippen LogP contribution is 2.30. The molecule has 0 unspecified atom stereocenters. The Hall–Kier alpha value is -2.48. The molecule has 2 heterocycles. The smallest absolute Gasteiger partial charge is 0.262 e. The average Bonchev–Trinajstić information content (AvgIpc) is 3.15. The Bertz CT molecular complexity index is 1140. The summed E-state index contributed by atoms with van der Waals surface area (Å²) >= 11 is 4.81. The van der Waals surface area contributed by atoms with Gasteiger partial charge in [-0.2, -0.15) is 0 Å². The number of benzene rings is 2. The van der Waals surface area contributed by atoms with Crippen LogP contribution in [0.1, 0.15) is 0 Å². The van der Waals surface area contributed by atoms with Gasteiger partial charge in [0.25, 0.3) is 5.56 Å². The van der Waals surface area contributed by atoms with Crippen molar-refractivity contribution in [2.24, 2.45) is 0 Å². The summed E-state index contributed by atoms with van der Waals surface area (Å²) in [6, 6.07) is 17.1. The molecule has 1 N–H and O–H groups in total. The summed E-state index contributed by atoms with van der Waals surface area (Å²) < 4.78 is 7.99. The van der Waals surface area contributed by atoms with Crippen molar-refractivity contribution in [1.29, 1.82) is 0 Å². The molecule has 7 heteroatoms. The van der Waals surface area contributed by atoms with E-state index in [0.717, 1.165) is 15.6 Å². The molecule has 0 spiro atoms. The van der Waals surface area contributed by atoms with E-state index in [-0.39, 0.29) is 18.7 Å². The van der Waals surface area contributed by atoms with Crippen LogP contribution < -0.4 is 10.3 Å². The van der Waals surface area contributed by atoms with Crippen LogP contribution in [0.2, 0.25) is 0 Å². The van der Waals surface area contributed by atoms with Gasteiger partial charge in [-0.3, -0.25) is 9.36 Å². The second kappa shape index (κ2) is 8.26. The van der Waals surface area contributed by atoms with Gasteiger partial charge in [-0.25, -0.2) is 4.98 Å². The normalized spacial score (nSPS) is 12.2. The largest absolute Gasteiger partial charge is 0.491 e. The topological polar surface area (TPSA) is 64.4 Å². The van der Waals surface area contributed by atoms with Gasteiger partial charge >= 0.3 is 0 Å². The Labute approximate surface area is 174 Å². The van der Waals surface area contributed by atoms with Crippen molar-refractivity contribution >= 4 is 37.5 Å². The summed E-state index contributed by atoms with van der Waals surface area (Å²) in [7, 11) is 0. The minimum absolute atomic E-state index is 0.0846. The Morgan fingerprint density at radius 1 is 1.14 bits per heavy atom. The van der Waals surface area contributed by atoms with Crippen LogP contribution in [-0.2, 0) is 6.54 Å². The first-order valence-corrected chi connectivity index (χ1v) is 10.4. The number of aromatic nitrogens is 2. The summed E-state index contributed by atoms with van der Waals surface area (Å²) in [5.41, 5.74) is 1.69. The molecule has 0 bridgehead atoms. The number of fused-ring (bicyclic) bond motifs is 1. The summed E-state index contributed by atoms with van der Waals surface area (Å²) in [4.78, 5) is 18.1. The highest BCUT2D eigenvalue weighted by molar-refractivity contribution is 9.10. The van der Waals surface area contributed by atoms with Gasteiger partial charge in [-0.15, -0.1) is 11.3 Å². The monoisotopic (exact) mass is 456 g/mol. The molecule has 1 atom stereocenters. The Balaban J connectivity index is 1.54. The van der Waals surface area contributed by atoms with E-state index in [9.17, 15) is 9.90 Å². The predicted molar refractivity (Wildman–Crippen MR) is 115 cm³/mol. The van der Waals surface area contributed by atoms with Crippen LogP contribution in [0.15, 0.2) is 75.6 Å². The second-order valence-corrected chi connectivity index (χ2v) is 8.09. The lowest BCUT2D eigenvalue weighted by molar-refractivity contribution is 0.0915. The minimum Gasteiger partial charge on any atom is -0.491 e. The van der Waals surface area contributed by atoms with Crippen LogP contribution in [-0.4, -0.2) is 27.4 Å². The number of nitrogens with zero attached hydrogens (tertiary/aromatic N) is 2. The van der Waals surface area contributed by atoms with Crippen LogP contribution in [0.25, 0.3) is 21.3 Å². The van der Waals surface area contributed by atoms with Crippen LogP contribution in [0.5, 0.6) is 5.75 Å². The van der Waals surface area contributed by atoms with Crippen molar-refractivity contribution in [2.45, 2.75) is 12.6 Å². The molecule has 4 aromatic rings. The van der Waals surface area contributed by atoms with Gasteiger partial charge in [0, 0.05) is 15.4 Å². The fourth-order valence-electron chi connectivity index (χ4n) is 2.93. The van der Waals surface area contributed by atoms with E-state index in [4.69, 9.17) is 4.74 Å². The third-order valence-corrected chi connectivity index (χ3v) is 5.72.